The van der Waals surface area contributed by atoms with Gasteiger partial charge in [0.25, 0.3) is 0 Å². The second-order valence-corrected chi connectivity index (χ2v) is 4.86. The first-order valence-corrected chi connectivity index (χ1v) is 6.17. The van der Waals surface area contributed by atoms with Crippen LogP contribution in [0.15, 0.2) is 22.9 Å². The lowest BCUT2D eigenvalue weighted by Gasteiger charge is -2.19. The lowest BCUT2D eigenvalue weighted by Crippen LogP contribution is -2.31. The highest BCUT2D eigenvalue weighted by molar-refractivity contribution is 6.31. The highest BCUT2D eigenvalue weighted by Gasteiger charge is 2.24. The number of nitrogens with zero attached hydrogens (tertiary/aromatic N) is 2. The summed E-state index contributed by atoms with van der Waals surface area (Å²) in [6, 6.07) is 1.85. The largest absolute Gasteiger partial charge is 0.469 e. The van der Waals surface area contributed by atoms with Gasteiger partial charge < -0.3 is 4.42 Å². The molecule has 0 aliphatic heterocycles. The summed E-state index contributed by atoms with van der Waals surface area (Å²) in [7, 11) is 0. The summed E-state index contributed by atoms with van der Waals surface area (Å²) in [5, 5.41) is 4.87. The van der Waals surface area contributed by atoms with Crippen molar-refractivity contribution in [3.8, 4) is 0 Å². The molecule has 1 unspecified atom stereocenters. The molecule has 98 valence electrons. The molecule has 0 spiro atoms. The highest BCUT2D eigenvalue weighted by Crippen LogP contribution is 2.31. The number of hydrogen-bond acceptors (Lipinski definition) is 4. The summed E-state index contributed by atoms with van der Waals surface area (Å²) in [5.74, 6) is 6.48. The van der Waals surface area contributed by atoms with Gasteiger partial charge in [-0.15, -0.1) is 0 Å². The van der Waals surface area contributed by atoms with Gasteiger partial charge >= 0.3 is 0 Å². The van der Waals surface area contributed by atoms with E-state index in [9.17, 15) is 0 Å². The van der Waals surface area contributed by atoms with Gasteiger partial charge in [-0.05, 0) is 26.8 Å². The van der Waals surface area contributed by atoms with Crippen LogP contribution in [0.3, 0.4) is 0 Å². The van der Waals surface area contributed by atoms with E-state index >= 15 is 0 Å². The number of aromatic nitrogens is 2. The van der Waals surface area contributed by atoms with Gasteiger partial charge in [0.15, 0.2) is 0 Å². The maximum atomic E-state index is 6.22. The number of hydrazine groups is 1. The fourth-order valence-electron chi connectivity index (χ4n) is 2.04. The number of nitrogens with one attached hydrogen (secondary N) is 1. The molecule has 2 rings (SSSR count). The Morgan fingerprint density at radius 1 is 1.50 bits per heavy atom. The molecular weight excluding hydrogens is 252 g/mol. The molecule has 0 fully saturated rings. The molecule has 18 heavy (non-hydrogen) atoms. The first-order chi connectivity index (χ1) is 8.56. The number of aryl methyl sites for hydroxylation is 1. The molecule has 0 aliphatic rings. The van der Waals surface area contributed by atoms with Crippen LogP contribution in [-0.2, 0) is 0 Å². The van der Waals surface area contributed by atoms with Crippen LogP contribution in [0.1, 0.15) is 42.9 Å². The van der Waals surface area contributed by atoms with Crippen molar-refractivity contribution in [2.75, 3.05) is 0 Å². The molecular formula is C12H17ClN4O. The molecule has 0 saturated heterocycles. The van der Waals surface area contributed by atoms with E-state index in [2.05, 4.69) is 10.5 Å². The minimum Gasteiger partial charge on any atom is -0.469 e. The zero-order valence-corrected chi connectivity index (χ0v) is 11.4. The van der Waals surface area contributed by atoms with Gasteiger partial charge in [-0.25, -0.2) is 5.43 Å². The molecule has 6 heteroatoms. The Hall–Kier alpha value is -1.30. The van der Waals surface area contributed by atoms with Crippen molar-refractivity contribution in [1.82, 2.24) is 15.2 Å². The Balaban J connectivity index is 2.52. The SMILES string of the molecule is Cc1occc1C(NN)c1c(Cl)cnn1C(C)C. The van der Waals surface area contributed by atoms with E-state index in [1.165, 1.54) is 0 Å². The molecule has 0 saturated carbocycles. The Morgan fingerprint density at radius 3 is 2.72 bits per heavy atom. The van der Waals surface area contributed by atoms with Crippen molar-refractivity contribution in [1.29, 1.82) is 0 Å². The second-order valence-electron chi connectivity index (χ2n) is 4.45. The van der Waals surface area contributed by atoms with Gasteiger partial charge in [-0.2, -0.15) is 5.10 Å². The Morgan fingerprint density at radius 2 is 2.22 bits per heavy atom. The predicted octanol–water partition coefficient (Wildman–Crippen LogP) is 2.57. The zero-order chi connectivity index (χ0) is 13.3. The van der Waals surface area contributed by atoms with Gasteiger partial charge in [0, 0.05) is 11.6 Å². The summed E-state index contributed by atoms with van der Waals surface area (Å²) in [6.07, 6.45) is 3.27. The van der Waals surface area contributed by atoms with Crippen LogP contribution in [0, 0.1) is 6.92 Å². The normalized spacial score (nSPS) is 13.2. The van der Waals surface area contributed by atoms with Gasteiger partial charge in [0.1, 0.15) is 5.76 Å². The Bertz CT molecular complexity index is 532. The summed E-state index contributed by atoms with van der Waals surface area (Å²) in [5.41, 5.74) is 4.58. The molecule has 1 atom stereocenters. The van der Waals surface area contributed by atoms with E-state index in [1.807, 2.05) is 31.5 Å². The fourth-order valence-corrected chi connectivity index (χ4v) is 2.28. The molecule has 0 aliphatic carbocycles. The maximum Gasteiger partial charge on any atom is 0.105 e. The van der Waals surface area contributed by atoms with E-state index in [0.717, 1.165) is 17.0 Å². The minimum absolute atomic E-state index is 0.204. The summed E-state index contributed by atoms with van der Waals surface area (Å²) in [6.45, 7) is 5.98. The molecule has 3 N–H and O–H groups in total. The van der Waals surface area contributed by atoms with Crippen LogP contribution >= 0.6 is 11.6 Å². The van der Waals surface area contributed by atoms with Gasteiger partial charge in [-0.1, -0.05) is 11.6 Å². The van der Waals surface area contributed by atoms with Crippen LogP contribution in [0.25, 0.3) is 0 Å². The number of nitrogens with two attached hydrogens (primary N) is 1. The molecule has 0 radical (unpaired) electrons. The minimum atomic E-state index is -0.235. The van der Waals surface area contributed by atoms with Crippen LogP contribution < -0.4 is 11.3 Å². The van der Waals surface area contributed by atoms with E-state index in [0.29, 0.717) is 5.02 Å². The fraction of sp³-hybridized carbons (Fsp3) is 0.417. The van der Waals surface area contributed by atoms with Crippen LogP contribution in [0.5, 0.6) is 0 Å². The number of rotatable bonds is 4. The van der Waals surface area contributed by atoms with Crippen molar-refractivity contribution < 1.29 is 4.42 Å². The van der Waals surface area contributed by atoms with Gasteiger partial charge in [0.05, 0.1) is 29.2 Å². The third-order valence-corrected chi connectivity index (χ3v) is 3.22. The average Bonchev–Trinajstić information content (AvgIpc) is 2.89. The molecule has 0 aromatic carbocycles. The van der Waals surface area contributed by atoms with Crippen molar-refractivity contribution >= 4 is 11.6 Å². The topological polar surface area (TPSA) is 69.0 Å². The molecule has 0 amide bonds. The Labute approximate surface area is 111 Å². The third-order valence-electron chi connectivity index (χ3n) is 2.93. The van der Waals surface area contributed by atoms with E-state index in [4.69, 9.17) is 21.9 Å². The molecule has 2 heterocycles. The van der Waals surface area contributed by atoms with E-state index < -0.39 is 0 Å². The van der Waals surface area contributed by atoms with Crippen molar-refractivity contribution in [3.05, 3.63) is 40.6 Å². The van der Waals surface area contributed by atoms with Gasteiger partial charge in [0.2, 0.25) is 0 Å². The predicted molar refractivity (Wildman–Crippen MR) is 70.2 cm³/mol. The average molecular weight is 269 g/mol. The van der Waals surface area contributed by atoms with Crippen LogP contribution in [0.4, 0.5) is 0 Å². The lowest BCUT2D eigenvalue weighted by molar-refractivity contribution is 0.469. The molecule has 5 nitrogen and oxygen atoms in total. The third kappa shape index (κ3) is 2.16. The van der Waals surface area contributed by atoms with E-state index in [1.54, 1.807) is 12.5 Å². The van der Waals surface area contributed by atoms with E-state index in [-0.39, 0.29) is 12.1 Å². The highest BCUT2D eigenvalue weighted by atomic mass is 35.5. The first-order valence-electron chi connectivity index (χ1n) is 5.79. The van der Waals surface area contributed by atoms with Gasteiger partial charge in [-0.3, -0.25) is 10.5 Å². The number of hydrogen-bond donors (Lipinski definition) is 2. The standard InChI is InChI=1S/C12H17ClN4O/c1-7(2)17-12(10(13)6-15-17)11(16-14)9-4-5-18-8(9)3/h4-7,11,16H,14H2,1-3H3. The smallest absolute Gasteiger partial charge is 0.105 e. The summed E-state index contributed by atoms with van der Waals surface area (Å²) < 4.78 is 7.18. The van der Waals surface area contributed by atoms with Crippen LogP contribution in [-0.4, -0.2) is 9.78 Å². The Kier molecular flexibility index (Phi) is 3.75. The molecule has 2 aromatic heterocycles. The summed E-state index contributed by atoms with van der Waals surface area (Å²) >= 11 is 6.22. The molecule has 0 bridgehead atoms. The lowest BCUT2D eigenvalue weighted by atomic mass is 10.0. The molecule has 2 aromatic rings. The number of halogens is 1. The monoisotopic (exact) mass is 268 g/mol. The van der Waals surface area contributed by atoms with Crippen molar-refractivity contribution in [2.45, 2.75) is 32.9 Å². The maximum absolute atomic E-state index is 6.22. The first kappa shape index (κ1) is 13.1. The van der Waals surface area contributed by atoms with Crippen molar-refractivity contribution in [3.63, 3.8) is 0 Å². The summed E-state index contributed by atoms with van der Waals surface area (Å²) in [4.78, 5) is 0. The zero-order valence-electron chi connectivity index (χ0n) is 10.6. The second kappa shape index (κ2) is 5.14. The van der Waals surface area contributed by atoms with Crippen LogP contribution in [0.2, 0.25) is 5.02 Å². The van der Waals surface area contributed by atoms with Crippen molar-refractivity contribution in [2.24, 2.45) is 5.84 Å². The quantitative estimate of drug-likeness (QED) is 0.661. The number of furan rings is 1.